The van der Waals surface area contributed by atoms with E-state index in [1.165, 1.54) is 33.0 Å². The molecule has 0 fully saturated rings. The minimum absolute atomic E-state index is 0.0864. The zero-order valence-electron chi connectivity index (χ0n) is 35.1. The monoisotopic (exact) mass is 814 g/mol. The number of carbonyl (C=O) groups is 1. The fourth-order valence-corrected chi connectivity index (χ4v) is 6.09. The summed E-state index contributed by atoms with van der Waals surface area (Å²) in [5.74, 6) is 0. The Bertz CT molecular complexity index is 1560. The van der Waals surface area contributed by atoms with E-state index >= 15 is 0 Å². The van der Waals surface area contributed by atoms with E-state index in [1.807, 2.05) is 0 Å². The number of hydrogen-bond acceptors (Lipinski definition) is 13. The lowest BCUT2D eigenvalue weighted by atomic mass is 10.0. The SMILES string of the molecule is CN(C)CCc1c[nH]c2cccc(COCCOCCOCCOCCOC(=O)OCCOCCOCCOCCOCc3cccc4[nH]cc(CCN(C)C)c34)c12. The van der Waals surface area contributed by atoms with Crippen molar-refractivity contribution in [3.8, 4) is 0 Å². The van der Waals surface area contributed by atoms with Crippen LogP contribution in [-0.2, 0) is 73.4 Å². The quantitative estimate of drug-likeness (QED) is 0.0490. The van der Waals surface area contributed by atoms with Gasteiger partial charge in [0.05, 0.1) is 106 Å². The summed E-state index contributed by atoms with van der Waals surface area (Å²) >= 11 is 0. The zero-order chi connectivity index (χ0) is 41.0. The van der Waals surface area contributed by atoms with Crippen LogP contribution in [0.4, 0.5) is 4.79 Å². The molecule has 2 aromatic heterocycles. The van der Waals surface area contributed by atoms with Crippen LogP contribution in [0.15, 0.2) is 48.8 Å². The molecule has 15 heteroatoms. The molecule has 58 heavy (non-hydrogen) atoms. The Hall–Kier alpha value is -3.61. The highest BCUT2D eigenvalue weighted by Gasteiger charge is 2.11. The fourth-order valence-electron chi connectivity index (χ4n) is 6.09. The van der Waals surface area contributed by atoms with Crippen LogP contribution in [-0.4, -0.2) is 173 Å². The van der Waals surface area contributed by atoms with Gasteiger partial charge in [0.2, 0.25) is 0 Å². The van der Waals surface area contributed by atoms with Crippen LogP contribution in [0, 0.1) is 0 Å². The van der Waals surface area contributed by atoms with Crippen molar-refractivity contribution in [1.82, 2.24) is 19.8 Å². The molecule has 0 unspecified atom stereocenters. The Morgan fingerprint density at radius 2 is 0.776 bits per heavy atom. The second-order valence-corrected chi connectivity index (χ2v) is 14.1. The molecule has 0 amide bonds. The highest BCUT2D eigenvalue weighted by molar-refractivity contribution is 5.87. The minimum atomic E-state index is -0.764. The van der Waals surface area contributed by atoms with Crippen LogP contribution in [0.5, 0.6) is 0 Å². The zero-order valence-corrected chi connectivity index (χ0v) is 35.1. The number of nitrogens with one attached hydrogen (secondary N) is 2. The lowest BCUT2D eigenvalue weighted by Crippen LogP contribution is -2.17. The first-order chi connectivity index (χ1) is 28.4. The van der Waals surface area contributed by atoms with E-state index in [0.717, 1.165) is 37.0 Å². The highest BCUT2D eigenvalue weighted by Crippen LogP contribution is 2.25. The maximum Gasteiger partial charge on any atom is 0.508 e. The van der Waals surface area contributed by atoms with E-state index < -0.39 is 6.16 Å². The molecule has 2 heterocycles. The molecule has 0 bridgehead atoms. The van der Waals surface area contributed by atoms with Crippen LogP contribution in [0.1, 0.15) is 22.3 Å². The van der Waals surface area contributed by atoms with Crippen LogP contribution in [0.25, 0.3) is 21.8 Å². The Kier molecular flexibility index (Phi) is 23.3. The van der Waals surface area contributed by atoms with E-state index in [1.54, 1.807) is 0 Å². The smallest absolute Gasteiger partial charge is 0.432 e. The first-order valence-electron chi connectivity index (χ1n) is 20.3. The number of carbonyl (C=O) groups excluding carboxylic acids is 1. The number of ether oxygens (including phenoxy) is 10. The van der Waals surface area contributed by atoms with Crippen molar-refractivity contribution in [2.75, 3.05) is 147 Å². The molecule has 0 atom stereocenters. The number of aromatic nitrogens is 2. The fraction of sp³-hybridized carbons (Fsp3) is 0.605. The molecule has 0 radical (unpaired) electrons. The number of likely N-dealkylation sites (N-methyl/N-ethyl adjacent to an activating group) is 2. The summed E-state index contributed by atoms with van der Waals surface area (Å²) < 4.78 is 54.9. The lowest BCUT2D eigenvalue weighted by molar-refractivity contribution is -0.0202. The van der Waals surface area contributed by atoms with Gasteiger partial charge >= 0.3 is 6.16 Å². The molecule has 0 aliphatic rings. The maximum absolute atomic E-state index is 11.7. The maximum atomic E-state index is 11.7. The van der Waals surface area contributed by atoms with Crippen molar-refractivity contribution in [2.24, 2.45) is 0 Å². The van der Waals surface area contributed by atoms with Gasteiger partial charge in [-0.3, -0.25) is 0 Å². The highest BCUT2D eigenvalue weighted by atomic mass is 16.7. The van der Waals surface area contributed by atoms with Crippen molar-refractivity contribution in [3.05, 3.63) is 71.0 Å². The Balaban J connectivity index is 0.850. The molecule has 2 N–H and O–H groups in total. The molecule has 0 saturated heterocycles. The number of benzene rings is 2. The van der Waals surface area contributed by atoms with E-state index in [0.29, 0.717) is 92.5 Å². The first kappa shape index (κ1) is 47.1. The van der Waals surface area contributed by atoms with Gasteiger partial charge in [0.1, 0.15) is 13.2 Å². The summed E-state index contributed by atoms with van der Waals surface area (Å²) in [6.45, 7) is 9.14. The number of aromatic amines is 2. The standard InChI is InChI=1S/C43H66N4O11/c1-46(2)13-11-35-31-44-39-9-5-7-37(41(35)39)33-55-25-23-51-17-15-49-19-21-53-27-29-57-43(48)58-30-28-54-22-20-50-16-18-52-24-26-56-34-38-8-6-10-40-42(38)36(32-45-40)12-14-47(3)4/h5-10,31-32,44-45H,11-30,33-34H2,1-4H3. The van der Waals surface area contributed by atoms with E-state index in [9.17, 15) is 4.79 Å². The minimum Gasteiger partial charge on any atom is -0.432 e. The molecule has 15 nitrogen and oxygen atoms in total. The van der Waals surface area contributed by atoms with Crippen molar-refractivity contribution >= 4 is 28.0 Å². The van der Waals surface area contributed by atoms with Crippen LogP contribution in [0.3, 0.4) is 0 Å². The Morgan fingerprint density at radius 3 is 1.12 bits per heavy atom. The van der Waals surface area contributed by atoms with E-state index in [4.69, 9.17) is 47.4 Å². The van der Waals surface area contributed by atoms with Gasteiger partial charge < -0.3 is 67.1 Å². The summed E-state index contributed by atoms with van der Waals surface area (Å²) in [5, 5.41) is 2.51. The number of H-pyrrole nitrogens is 2. The van der Waals surface area contributed by atoms with Crippen LogP contribution < -0.4 is 0 Å². The average molecular weight is 815 g/mol. The normalized spacial score (nSPS) is 11.8. The van der Waals surface area contributed by atoms with Gasteiger partial charge in [0.15, 0.2) is 0 Å². The number of hydrogen-bond donors (Lipinski definition) is 2. The third kappa shape index (κ3) is 18.5. The van der Waals surface area contributed by atoms with Crippen LogP contribution >= 0.6 is 0 Å². The van der Waals surface area contributed by atoms with Gasteiger partial charge in [-0.25, -0.2) is 4.79 Å². The van der Waals surface area contributed by atoms with Gasteiger partial charge in [0, 0.05) is 47.3 Å². The van der Waals surface area contributed by atoms with Crippen molar-refractivity contribution in [2.45, 2.75) is 26.1 Å². The Morgan fingerprint density at radius 1 is 0.448 bits per heavy atom. The lowest BCUT2D eigenvalue weighted by Gasteiger charge is -2.11. The van der Waals surface area contributed by atoms with Gasteiger partial charge in [-0.15, -0.1) is 0 Å². The van der Waals surface area contributed by atoms with Gasteiger partial charge in [-0.05, 0) is 75.4 Å². The van der Waals surface area contributed by atoms with Crippen molar-refractivity contribution in [1.29, 1.82) is 0 Å². The summed E-state index contributed by atoms with van der Waals surface area (Å²) in [6.07, 6.45) is 5.41. The van der Waals surface area contributed by atoms with Crippen LogP contribution in [0.2, 0.25) is 0 Å². The first-order valence-corrected chi connectivity index (χ1v) is 20.3. The summed E-state index contributed by atoms with van der Waals surface area (Å²) in [4.78, 5) is 22.9. The number of fused-ring (bicyclic) bond motifs is 2. The van der Waals surface area contributed by atoms with Gasteiger partial charge in [-0.2, -0.15) is 0 Å². The average Bonchev–Trinajstić information content (AvgIpc) is 3.84. The summed E-state index contributed by atoms with van der Waals surface area (Å²) in [6, 6.07) is 12.5. The topological polar surface area (TPSA) is 147 Å². The molecule has 0 spiro atoms. The molecule has 2 aromatic carbocycles. The molecular formula is C43H66N4O11. The third-order valence-corrected chi connectivity index (χ3v) is 9.05. The van der Waals surface area contributed by atoms with Gasteiger partial charge in [0.25, 0.3) is 0 Å². The summed E-state index contributed by atoms with van der Waals surface area (Å²) in [7, 11) is 8.34. The molecule has 0 saturated carbocycles. The predicted molar refractivity (Wildman–Crippen MR) is 223 cm³/mol. The predicted octanol–water partition coefficient (Wildman–Crippen LogP) is 4.84. The van der Waals surface area contributed by atoms with Crippen molar-refractivity contribution in [3.63, 3.8) is 0 Å². The van der Waals surface area contributed by atoms with E-state index in [2.05, 4.69) is 96.8 Å². The molecule has 0 aliphatic heterocycles. The largest absolute Gasteiger partial charge is 0.508 e. The van der Waals surface area contributed by atoms with Crippen molar-refractivity contribution < 1.29 is 52.2 Å². The van der Waals surface area contributed by atoms with E-state index in [-0.39, 0.29) is 26.4 Å². The molecule has 4 rings (SSSR count). The Labute approximate surface area is 343 Å². The molecule has 324 valence electrons. The summed E-state index contributed by atoms with van der Waals surface area (Å²) in [5.41, 5.74) is 7.26. The molecule has 0 aliphatic carbocycles. The van der Waals surface area contributed by atoms with Gasteiger partial charge in [-0.1, -0.05) is 24.3 Å². The molecule has 4 aromatic rings. The molecular weight excluding hydrogens is 748 g/mol. The number of nitrogens with zero attached hydrogens (tertiary/aromatic N) is 2. The third-order valence-electron chi connectivity index (χ3n) is 9.05. The second kappa shape index (κ2) is 28.8. The second-order valence-electron chi connectivity index (χ2n) is 14.1. The number of rotatable bonds is 34.